The van der Waals surface area contributed by atoms with Crippen LogP contribution in [0.25, 0.3) is 0 Å². The van der Waals surface area contributed by atoms with Crippen LogP contribution in [-0.2, 0) is 17.6 Å². The molecule has 0 aromatic carbocycles. The van der Waals surface area contributed by atoms with Crippen LogP contribution in [0.2, 0.25) is 0 Å². The van der Waals surface area contributed by atoms with Crippen LogP contribution >= 0.6 is 0 Å². The first-order chi connectivity index (χ1) is 8.33. The monoisotopic (exact) mass is 234 g/mol. The third-order valence-corrected chi connectivity index (χ3v) is 3.52. The number of rotatable bonds is 1. The van der Waals surface area contributed by atoms with Crippen molar-refractivity contribution in [3.63, 3.8) is 0 Å². The van der Waals surface area contributed by atoms with Gasteiger partial charge in [-0.3, -0.25) is 0 Å². The molecule has 0 spiro atoms. The van der Waals surface area contributed by atoms with Crippen LogP contribution in [0.15, 0.2) is 6.07 Å². The fourth-order valence-electron chi connectivity index (χ4n) is 2.48. The van der Waals surface area contributed by atoms with Gasteiger partial charge in [-0.1, -0.05) is 0 Å². The SMILES string of the molecule is N[C@@H]1CCc2nnc(N3CCOCC3)cc2C1. The largest absolute Gasteiger partial charge is 0.378 e. The number of morpholine rings is 1. The van der Waals surface area contributed by atoms with E-state index in [9.17, 15) is 0 Å². The lowest BCUT2D eigenvalue weighted by Crippen LogP contribution is -2.37. The molecule has 5 heteroatoms. The minimum absolute atomic E-state index is 0.282. The van der Waals surface area contributed by atoms with E-state index < -0.39 is 0 Å². The summed E-state index contributed by atoms with van der Waals surface area (Å²) in [6, 6.07) is 2.44. The first kappa shape index (κ1) is 10.9. The number of nitrogens with two attached hydrogens (primary N) is 1. The molecule has 17 heavy (non-hydrogen) atoms. The van der Waals surface area contributed by atoms with E-state index in [4.69, 9.17) is 10.5 Å². The van der Waals surface area contributed by atoms with Gasteiger partial charge in [-0.25, -0.2) is 0 Å². The van der Waals surface area contributed by atoms with Crippen LogP contribution in [0, 0.1) is 0 Å². The number of ether oxygens (including phenoxy) is 1. The zero-order valence-corrected chi connectivity index (χ0v) is 9.93. The fourth-order valence-corrected chi connectivity index (χ4v) is 2.48. The number of fused-ring (bicyclic) bond motifs is 1. The maximum atomic E-state index is 6.00. The van der Waals surface area contributed by atoms with Crippen molar-refractivity contribution in [1.29, 1.82) is 0 Å². The first-order valence-corrected chi connectivity index (χ1v) is 6.26. The third-order valence-electron chi connectivity index (χ3n) is 3.52. The molecule has 2 N–H and O–H groups in total. The van der Waals surface area contributed by atoms with Crippen molar-refractivity contribution in [3.05, 3.63) is 17.3 Å². The average molecular weight is 234 g/mol. The van der Waals surface area contributed by atoms with Crippen LogP contribution in [0.4, 0.5) is 5.82 Å². The van der Waals surface area contributed by atoms with E-state index in [-0.39, 0.29) is 6.04 Å². The van der Waals surface area contributed by atoms with Crippen LogP contribution in [0.3, 0.4) is 0 Å². The average Bonchev–Trinajstić information content (AvgIpc) is 2.39. The molecule has 0 saturated carbocycles. The molecule has 3 rings (SSSR count). The van der Waals surface area contributed by atoms with E-state index in [1.165, 1.54) is 5.56 Å². The number of nitrogens with zero attached hydrogens (tertiary/aromatic N) is 3. The highest BCUT2D eigenvalue weighted by atomic mass is 16.5. The summed E-state index contributed by atoms with van der Waals surface area (Å²) in [6.07, 6.45) is 2.92. The van der Waals surface area contributed by atoms with Crippen molar-refractivity contribution in [2.75, 3.05) is 31.2 Å². The second-order valence-electron chi connectivity index (χ2n) is 4.78. The zero-order valence-electron chi connectivity index (χ0n) is 9.93. The highest BCUT2D eigenvalue weighted by molar-refractivity contribution is 5.42. The maximum Gasteiger partial charge on any atom is 0.151 e. The minimum atomic E-state index is 0.282. The smallest absolute Gasteiger partial charge is 0.151 e. The Morgan fingerprint density at radius 2 is 2.12 bits per heavy atom. The van der Waals surface area contributed by atoms with Crippen molar-refractivity contribution >= 4 is 5.82 Å². The molecule has 2 aliphatic rings. The Bertz CT molecular complexity index is 403. The molecule has 0 bridgehead atoms. The third kappa shape index (κ3) is 2.25. The fraction of sp³-hybridized carbons (Fsp3) is 0.667. The molecule has 1 aliphatic heterocycles. The Kier molecular flexibility index (Phi) is 2.94. The summed E-state index contributed by atoms with van der Waals surface area (Å²) in [7, 11) is 0. The van der Waals surface area contributed by atoms with Crippen LogP contribution in [-0.4, -0.2) is 42.5 Å². The predicted octanol–water partition coefficient (Wildman–Crippen LogP) is 0.129. The lowest BCUT2D eigenvalue weighted by molar-refractivity contribution is 0.122. The van der Waals surface area contributed by atoms with Gasteiger partial charge in [-0.05, 0) is 30.9 Å². The zero-order chi connectivity index (χ0) is 11.7. The normalized spacial score (nSPS) is 24.5. The molecular formula is C12H18N4O. The highest BCUT2D eigenvalue weighted by Crippen LogP contribution is 2.22. The van der Waals surface area contributed by atoms with E-state index in [0.717, 1.165) is 57.1 Å². The summed E-state index contributed by atoms with van der Waals surface area (Å²) in [5, 5.41) is 8.66. The van der Waals surface area contributed by atoms with Gasteiger partial charge in [0, 0.05) is 19.1 Å². The van der Waals surface area contributed by atoms with Gasteiger partial charge in [0.1, 0.15) is 0 Å². The number of hydrogen-bond donors (Lipinski definition) is 1. The second-order valence-corrected chi connectivity index (χ2v) is 4.78. The topological polar surface area (TPSA) is 64.3 Å². The first-order valence-electron chi connectivity index (χ1n) is 6.26. The molecule has 92 valence electrons. The number of aromatic nitrogens is 2. The molecule has 0 radical (unpaired) electrons. The molecule has 1 aromatic heterocycles. The Labute approximate surface area is 101 Å². The summed E-state index contributed by atoms with van der Waals surface area (Å²) in [5.74, 6) is 0.973. The van der Waals surface area contributed by atoms with Gasteiger partial charge in [-0.15, -0.1) is 5.10 Å². The van der Waals surface area contributed by atoms with Crippen molar-refractivity contribution in [3.8, 4) is 0 Å². The van der Waals surface area contributed by atoms with E-state index in [2.05, 4.69) is 21.2 Å². The predicted molar refractivity (Wildman–Crippen MR) is 65.1 cm³/mol. The Morgan fingerprint density at radius 1 is 1.29 bits per heavy atom. The molecule has 0 amide bonds. The summed E-state index contributed by atoms with van der Waals surface area (Å²) in [6.45, 7) is 3.36. The Balaban J connectivity index is 1.84. The molecule has 1 atom stereocenters. The minimum Gasteiger partial charge on any atom is -0.378 e. The van der Waals surface area contributed by atoms with E-state index >= 15 is 0 Å². The van der Waals surface area contributed by atoms with E-state index in [0.29, 0.717) is 0 Å². The van der Waals surface area contributed by atoms with E-state index in [1.807, 2.05) is 0 Å². The number of anilines is 1. The van der Waals surface area contributed by atoms with Gasteiger partial charge < -0.3 is 15.4 Å². The molecule has 1 saturated heterocycles. The van der Waals surface area contributed by atoms with Crippen molar-refractivity contribution < 1.29 is 4.74 Å². The molecular weight excluding hydrogens is 216 g/mol. The molecule has 1 fully saturated rings. The maximum absolute atomic E-state index is 6.00. The summed E-state index contributed by atoms with van der Waals surface area (Å²) in [5.41, 5.74) is 8.40. The van der Waals surface area contributed by atoms with E-state index in [1.54, 1.807) is 0 Å². The molecule has 1 aliphatic carbocycles. The Hall–Kier alpha value is -1.20. The summed E-state index contributed by atoms with van der Waals surface area (Å²) >= 11 is 0. The number of hydrogen-bond acceptors (Lipinski definition) is 5. The molecule has 5 nitrogen and oxygen atoms in total. The Morgan fingerprint density at radius 3 is 2.94 bits per heavy atom. The van der Waals surface area contributed by atoms with Crippen molar-refractivity contribution in [2.45, 2.75) is 25.3 Å². The quantitative estimate of drug-likeness (QED) is 0.748. The molecule has 0 unspecified atom stereocenters. The van der Waals surface area contributed by atoms with Gasteiger partial charge in [0.15, 0.2) is 5.82 Å². The van der Waals surface area contributed by atoms with Gasteiger partial charge in [0.2, 0.25) is 0 Å². The summed E-state index contributed by atoms with van der Waals surface area (Å²) in [4.78, 5) is 2.23. The van der Waals surface area contributed by atoms with Crippen molar-refractivity contribution in [1.82, 2.24) is 10.2 Å². The molecule has 1 aromatic rings. The molecule has 2 heterocycles. The second kappa shape index (κ2) is 4.58. The van der Waals surface area contributed by atoms with Gasteiger partial charge in [0.25, 0.3) is 0 Å². The summed E-state index contributed by atoms with van der Waals surface area (Å²) < 4.78 is 5.34. The highest BCUT2D eigenvalue weighted by Gasteiger charge is 2.20. The van der Waals surface area contributed by atoms with Gasteiger partial charge in [-0.2, -0.15) is 5.10 Å². The van der Waals surface area contributed by atoms with Gasteiger partial charge >= 0.3 is 0 Å². The standard InChI is InChI=1S/C12H18N4O/c13-10-1-2-11-9(7-10)8-12(15-14-11)16-3-5-17-6-4-16/h8,10H,1-7,13H2/t10-/m1/s1. The van der Waals surface area contributed by atoms with Crippen LogP contribution < -0.4 is 10.6 Å². The van der Waals surface area contributed by atoms with Crippen molar-refractivity contribution in [2.24, 2.45) is 5.73 Å². The van der Waals surface area contributed by atoms with Crippen LogP contribution in [0.1, 0.15) is 17.7 Å². The number of aryl methyl sites for hydroxylation is 1. The van der Waals surface area contributed by atoms with Crippen LogP contribution in [0.5, 0.6) is 0 Å². The lowest BCUT2D eigenvalue weighted by Gasteiger charge is -2.28. The van der Waals surface area contributed by atoms with Gasteiger partial charge in [0.05, 0.1) is 18.9 Å². The lowest BCUT2D eigenvalue weighted by atomic mass is 9.93.